The van der Waals surface area contributed by atoms with Crippen molar-refractivity contribution < 1.29 is 37.0 Å². The molecule has 3 aliphatic heterocycles. The molecule has 16 heteroatoms. The zero-order valence-corrected chi connectivity index (χ0v) is 32.4. The van der Waals surface area contributed by atoms with Gasteiger partial charge in [0.1, 0.15) is 12.1 Å². The van der Waals surface area contributed by atoms with Gasteiger partial charge in [0, 0.05) is 63.0 Å². The lowest BCUT2D eigenvalue weighted by molar-refractivity contribution is -0.138. The molecule has 4 fully saturated rings. The van der Waals surface area contributed by atoms with E-state index in [0.29, 0.717) is 44.0 Å². The monoisotopic (exact) mass is 783 g/mol. The number of thiocarbonyl (C=S) groups is 1. The second-order valence-electron chi connectivity index (χ2n) is 15.5. The first-order valence-corrected chi connectivity index (χ1v) is 19.3. The summed E-state index contributed by atoms with van der Waals surface area (Å²) in [7, 11) is 0. The van der Waals surface area contributed by atoms with E-state index in [1.807, 2.05) is 4.90 Å². The van der Waals surface area contributed by atoms with Crippen molar-refractivity contribution >= 4 is 40.7 Å². The average Bonchev–Trinajstić information content (AvgIpc) is 3.31. The number of nitrogens with zero attached hydrogens (tertiary/aromatic N) is 6. The van der Waals surface area contributed by atoms with Crippen LogP contribution in [-0.4, -0.2) is 112 Å². The Bertz CT molecular complexity index is 1820. The van der Waals surface area contributed by atoms with Crippen molar-refractivity contribution in [1.82, 2.24) is 25.0 Å². The number of piperidine rings is 1. The zero-order valence-electron chi connectivity index (χ0n) is 31.6. The molecule has 1 aromatic heterocycles. The van der Waals surface area contributed by atoms with E-state index in [1.165, 1.54) is 11.0 Å². The minimum Gasteiger partial charge on any atom is -0.476 e. The van der Waals surface area contributed by atoms with Gasteiger partial charge in [0.25, 0.3) is 5.91 Å². The Kier molecular flexibility index (Phi) is 12.2. The van der Waals surface area contributed by atoms with Gasteiger partial charge >= 0.3 is 6.18 Å². The van der Waals surface area contributed by atoms with Crippen molar-refractivity contribution in [3.05, 3.63) is 53.2 Å². The van der Waals surface area contributed by atoms with E-state index in [-0.39, 0.29) is 40.7 Å². The Labute approximate surface area is 324 Å². The van der Waals surface area contributed by atoms with Crippen molar-refractivity contribution in [3.8, 4) is 11.9 Å². The summed E-state index contributed by atoms with van der Waals surface area (Å²) in [6.07, 6.45) is 0.716. The van der Waals surface area contributed by atoms with Crippen LogP contribution in [-0.2, 0) is 25.3 Å². The summed E-state index contributed by atoms with van der Waals surface area (Å²) < 4.78 is 53.5. The summed E-state index contributed by atoms with van der Waals surface area (Å²) in [5, 5.41) is 11.8. The predicted octanol–water partition coefficient (Wildman–Crippen LogP) is 5.01. The molecule has 1 aromatic carbocycles. The van der Waals surface area contributed by atoms with Gasteiger partial charge in [-0.1, -0.05) is 0 Å². The SMILES string of the molecule is C[C@@H]1CN(CCOC2CCC(N3C(=S)N(c4ccc(C#N)c(C(F)(F)F)c4)C(=O)C3(C)C)CC2)C[C@H](C)N1CCOc1cc(C2CCC(=O)NC2=O)ccn1. The Hall–Kier alpha value is -4.17. The van der Waals surface area contributed by atoms with Gasteiger partial charge < -0.3 is 14.4 Å². The fourth-order valence-corrected chi connectivity index (χ4v) is 9.12. The molecule has 3 amide bonds. The zero-order chi connectivity index (χ0) is 39.7. The third-order valence-electron chi connectivity index (χ3n) is 11.4. The summed E-state index contributed by atoms with van der Waals surface area (Å²) in [5.41, 5.74) is -1.87. The Morgan fingerprint density at radius 1 is 1.00 bits per heavy atom. The highest BCUT2D eigenvalue weighted by Gasteiger charge is 2.52. The number of benzene rings is 1. The number of nitrogens with one attached hydrogen (secondary N) is 1. The van der Waals surface area contributed by atoms with Crippen LogP contribution in [0, 0.1) is 11.3 Å². The third kappa shape index (κ3) is 8.80. The molecule has 55 heavy (non-hydrogen) atoms. The number of hydrogen-bond donors (Lipinski definition) is 1. The van der Waals surface area contributed by atoms with Crippen molar-refractivity contribution in [3.63, 3.8) is 0 Å². The molecule has 6 rings (SSSR count). The van der Waals surface area contributed by atoms with E-state index in [4.69, 9.17) is 21.7 Å². The van der Waals surface area contributed by atoms with Crippen LogP contribution in [0.1, 0.15) is 88.8 Å². The van der Waals surface area contributed by atoms with Gasteiger partial charge in [0.2, 0.25) is 17.7 Å². The van der Waals surface area contributed by atoms with Crippen molar-refractivity contribution in [2.75, 3.05) is 44.3 Å². The van der Waals surface area contributed by atoms with Crippen LogP contribution in [0.2, 0.25) is 0 Å². The largest absolute Gasteiger partial charge is 0.476 e. The number of hydrogen-bond acceptors (Lipinski definition) is 10. The molecule has 3 atom stereocenters. The van der Waals surface area contributed by atoms with Gasteiger partial charge in [-0.3, -0.25) is 34.4 Å². The van der Waals surface area contributed by atoms with Crippen molar-refractivity contribution in [2.24, 2.45) is 0 Å². The minimum atomic E-state index is -4.75. The number of ether oxygens (including phenoxy) is 2. The van der Waals surface area contributed by atoms with E-state index >= 15 is 0 Å². The maximum Gasteiger partial charge on any atom is 0.417 e. The van der Waals surface area contributed by atoms with Gasteiger partial charge in [-0.2, -0.15) is 18.4 Å². The number of nitriles is 1. The smallest absolute Gasteiger partial charge is 0.417 e. The molecule has 4 aliphatic rings. The quantitative estimate of drug-likeness (QED) is 0.244. The number of carbonyl (C=O) groups is 3. The molecular formula is C39H48F3N7O5S. The lowest BCUT2D eigenvalue weighted by atomic mass is 9.89. The van der Waals surface area contributed by atoms with Gasteiger partial charge in [0.15, 0.2) is 5.11 Å². The third-order valence-corrected chi connectivity index (χ3v) is 11.7. The van der Waals surface area contributed by atoms with Gasteiger partial charge in [-0.05, 0) is 102 Å². The molecule has 0 bridgehead atoms. The lowest BCUT2D eigenvalue weighted by Gasteiger charge is -2.44. The van der Waals surface area contributed by atoms with Crippen molar-refractivity contribution in [2.45, 2.75) is 108 Å². The molecule has 4 heterocycles. The summed E-state index contributed by atoms with van der Waals surface area (Å²) in [5.74, 6) is -0.865. The average molecular weight is 784 g/mol. The number of piperazine rings is 1. The number of carbonyl (C=O) groups excluding carboxylic acids is 3. The Balaban J connectivity index is 0.939. The van der Waals surface area contributed by atoms with Gasteiger partial charge in [-0.25, -0.2) is 4.98 Å². The topological polar surface area (TPSA) is 131 Å². The fraction of sp³-hybridized carbons (Fsp3) is 0.590. The second kappa shape index (κ2) is 16.5. The highest BCUT2D eigenvalue weighted by atomic mass is 32.1. The number of rotatable bonds is 11. The summed E-state index contributed by atoms with van der Waals surface area (Å²) in [6.45, 7) is 12.2. The molecular weight excluding hydrogens is 736 g/mol. The van der Waals surface area contributed by atoms with Crippen LogP contribution in [0.5, 0.6) is 5.88 Å². The Morgan fingerprint density at radius 3 is 2.36 bits per heavy atom. The predicted molar refractivity (Wildman–Crippen MR) is 201 cm³/mol. The maximum absolute atomic E-state index is 13.7. The number of anilines is 1. The molecule has 3 saturated heterocycles. The number of pyridine rings is 1. The van der Waals surface area contributed by atoms with Crippen LogP contribution < -0.4 is 15.0 Å². The van der Waals surface area contributed by atoms with E-state index in [0.717, 1.165) is 69.6 Å². The van der Waals surface area contributed by atoms with Crippen LogP contribution in [0.3, 0.4) is 0 Å². The highest BCUT2D eigenvalue weighted by molar-refractivity contribution is 7.80. The van der Waals surface area contributed by atoms with Crippen LogP contribution >= 0.6 is 12.2 Å². The number of imide groups is 1. The number of halogens is 3. The fourth-order valence-electron chi connectivity index (χ4n) is 8.55. The van der Waals surface area contributed by atoms with E-state index in [2.05, 4.69) is 33.9 Å². The van der Waals surface area contributed by atoms with Crippen LogP contribution in [0.15, 0.2) is 36.5 Å². The first-order valence-electron chi connectivity index (χ1n) is 18.9. The molecule has 296 valence electrons. The number of aromatic nitrogens is 1. The lowest BCUT2D eigenvalue weighted by Crippen LogP contribution is -2.57. The first-order chi connectivity index (χ1) is 26.1. The molecule has 12 nitrogen and oxygen atoms in total. The van der Waals surface area contributed by atoms with Gasteiger partial charge in [-0.15, -0.1) is 0 Å². The van der Waals surface area contributed by atoms with Crippen LogP contribution in [0.4, 0.5) is 18.9 Å². The molecule has 2 aromatic rings. The second-order valence-corrected chi connectivity index (χ2v) is 15.8. The molecule has 0 radical (unpaired) electrons. The van der Waals surface area contributed by atoms with E-state index < -0.39 is 28.7 Å². The molecule has 1 aliphatic carbocycles. The minimum absolute atomic E-state index is 0.00154. The standard InChI is InChI=1S/C39H48F3N7O5S/c1-24-22-46(23-25(2)47(24)16-18-54-34-19-26(13-14-44-34)31-11-12-33(50)45-35(31)51)15-17-53-30-9-7-28(8-10-30)49-37(55)48(36(52)38(49,3)4)29-6-5-27(21-43)32(20-29)39(40,41)42/h5-6,13-14,19-20,24-25,28,30-31H,7-12,15-18,22-23H2,1-4H3,(H,45,50,51)/t24-,25+,28?,30?,31?. The number of alkyl halides is 3. The Morgan fingerprint density at radius 2 is 1.71 bits per heavy atom. The van der Waals surface area contributed by atoms with Gasteiger partial charge in [0.05, 0.1) is 41.5 Å². The summed E-state index contributed by atoms with van der Waals surface area (Å²) in [4.78, 5) is 49.7. The van der Waals surface area contributed by atoms with E-state index in [9.17, 15) is 32.8 Å². The van der Waals surface area contributed by atoms with E-state index in [1.54, 1.807) is 38.2 Å². The molecule has 1 saturated carbocycles. The maximum atomic E-state index is 13.7. The molecule has 1 N–H and O–H groups in total. The molecule has 0 spiro atoms. The van der Waals surface area contributed by atoms with Crippen LogP contribution in [0.25, 0.3) is 0 Å². The highest BCUT2D eigenvalue weighted by Crippen LogP contribution is 2.41. The van der Waals surface area contributed by atoms with Crippen molar-refractivity contribution in [1.29, 1.82) is 5.26 Å². The molecule has 1 unspecified atom stereocenters. The first kappa shape index (κ1) is 40.5. The number of amides is 3. The summed E-state index contributed by atoms with van der Waals surface area (Å²) >= 11 is 5.74. The summed E-state index contributed by atoms with van der Waals surface area (Å²) in [6, 6.07) is 8.92. The normalized spacial score (nSPS) is 26.6.